The molecule has 0 aliphatic carbocycles. The summed E-state index contributed by atoms with van der Waals surface area (Å²) in [6.07, 6.45) is 1.47. The van der Waals surface area contributed by atoms with E-state index < -0.39 is 17.8 Å². The minimum absolute atomic E-state index is 0.0954. The van der Waals surface area contributed by atoms with Gasteiger partial charge < -0.3 is 4.90 Å². The number of imide groups is 2. The standard InChI is InChI=1S/C25H19N3O3S/c1-28(14-16-8-11-22-19(13-16)18-4-2-3-5-21(18)32-22)17-9-6-15(7-10-17)12-20-23(29)26-25(31)27-24(20)30/h2-13H,14H2,1H3,(H2,26,27,29,30,31). The van der Waals surface area contributed by atoms with Crippen molar-refractivity contribution in [2.24, 2.45) is 0 Å². The zero-order chi connectivity index (χ0) is 22.2. The predicted octanol–water partition coefficient (Wildman–Crippen LogP) is 4.44. The number of benzene rings is 3. The number of urea groups is 1. The predicted molar refractivity (Wildman–Crippen MR) is 128 cm³/mol. The van der Waals surface area contributed by atoms with E-state index >= 15 is 0 Å². The Labute approximate surface area is 188 Å². The molecule has 2 heterocycles. The van der Waals surface area contributed by atoms with E-state index in [-0.39, 0.29) is 5.57 Å². The Hall–Kier alpha value is -3.97. The Morgan fingerprint density at radius 3 is 2.28 bits per heavy atom. The summed E-state index contributed by atoms with van der Waals surface area (Å²) in [6, 6.07) is 21.8. The number of hydrogen-bond donors (Lipinski definition) is 2. The van der Waals surface area contributed by atoms with Gasteiger partial charge >= 0.3 is 6.03 Å². The molecule has 0 saturated carbocycles. The molecule has 0 atom stereocenters. The van der Waals surface area contributed by atoms with E-state index in [0.29, 0.717) is 5.56 Å². The van der Waals surface area contributed by atoms with Gasteiger partial charge in [0, 0.05) is 39.5 Å². The summed E-state index contributed by atoms with van der Waals surface area (Å²) in [5.74, 6) is -1.40. The Morgan fingerprint density at radius 2 is 1.53 bits per heavy atom. The van der Waals surface area contributed by atoms with E-state index in [2.05, 4.69) is 58.0 Å². The molecule has 6 nitrogen and oxygen atoms in total. The lowest BCUT2D eigenvalue weighted by atomic mass is 10.1. The van der Waals surface area contributed by atoms with Crippen molar-refractivity contribution in [1.29, 1.82) is 0 Å². The molecule has 4 aromatic rings. The van der Waals surface area contributed by atoms with Crippen LogP contribution < -0.4 is 15.5 Å². The first-order valence-corrected chi connectivity index (χ1v) is 10.9. The van der Waals surface area contributed by atoms with Crippen LogP contribution in [0.3, 0.4) is 0 Å². The second kappa shape index (κ2) is 7.94. The molecule has 1 aromatic heterocycles. The van der Waals surface area contributed by atoms with Crippen LogP contribution in [0.25, 0.3) is 26.2 Å². The first-order chi connectivity index (χ1) is 15.5. The van der Waals surface area contributed by atoms with Crippen molar-refractivity contribution in [1.82, 2.24) is 10.6 Å². The van der Waals surface area contributed by atoms with Gasteiger partial charge in [0.15, 0.2) is 0 Å². The molecule has 2 N–H and O–H groups in total. The van der Waals surface area contributed by atoms with Crippen LogP contribution in [0.15, 0.2) is 72.3 Å². The fraction of sp³-hybridized carbons (Fsp3) is 0.0800. The average Bonchev–Trinajstić information content (AvgIpc) is 3.15. The highest BCUT2D eigenvalue weighted by molar-refractivity contribution is 7.25. The smallest absolute Gasteiger partial charge is 0.328 e. The number of nitrogens with one attached hydrogen (secondary N) is 2. The molecule has 0 unspecified atom stereocenters. The van der Waals surface area contributed by atoms with Crippen molar-refractivity contribution < 1.29 is 14.4 Å². The molecule has 5 rings (SSSR count). The SMILES string of the molecule is CN(Cc1ccc2sc3ccccc3c2c1)c1ccc(C=C2C(=O)NC(=O)NC2=O)cc1. The van der Waals surface area contributed by atoms with Crippen molar-refractivity contribution in [3.05, 3.63) is 83.4 Å². The summed E-state index contributed by atoms with van der Waals surface area (Å²) in [5.41, 5.74) is 2.83. The van der Waals surface area contributed by atoms with Crippen molar-refractivity contribution in [2.75, 3.05) is 11.9 Å². The number of amides is 4. The zero-order valence-electron chi connectivity index (χ0n) is 17.2. The molecule has 7 heteroatoms. The number of fused-ring (bicyclic) bond motifs is 3. The van der Waals surface area contributed by atoms with E-state index in [0.717, 1.165) is 12.2 Å². The molecule has 0 spiro atoms. The summed E-state index contributed by atoms with van der Waals surface area (Å²) in [4.78, 5) is 37.1. The molecule has 0 radical (unpaired) electrons. The zero-order valence-corrected chi connectivity index (χ0v) is 18.0. The maximum atomic E-state index is 11.9. The van der Waals surface area contributed by atoms with E-state index in [4.69, 9.17) is 0 Å². The number of thiophene rings is 1. The molecule has 1 saturated heterocycles. The maximum absolute atomic E-state index is 11.9. The highest BCUT2D eigenvalue weighted by atomic mass is 32.1. The second-order valence-electron chi connectivity index (χ2n) is 7.67. The van der Waals surface area contributed by atoms with Gasteiger partial charge in [0.1, 0.15) is 5.57 Å². The fourth-order valence-electron chi connectivity index (χ4n) is 3.83. The number of carbonyl (C=O) groups is 3. The summed E-state index contributed by atoms with van der Waals surface area (Å²) in [6.45, 7) is 0.744. The molecule has 158 valence electrons. The quantitative estimate of drug-likeness (QED) is 0.363. The van der Waals surface area contributed by atoms with Crippen LogP contribution in [0.4, 0.5) is 10.5 Å². The third-order valence-electron chi connectivity index (χ3n) is 5.45. The summed E-state index contributed by atoms with van der Waals surface area (Å²) in [7, 11) is 2.02. The lowest BCUT2D eigenvalue weighted by Crippen LogP contribution is -2.51. The summed E-state index contributed by atoms with van der Waals surface area (Å²) in [5, 5.41) is 6.71. The largest absolute Gasteiger partial charge is 0.370 e. The van der Waals surface area contributed by atoms with Gasteiger partial charge in [-0.3, -0.25) is 20.2 Å². The highest BCUT2D eigenvalue weighted by Gasteiger charge is 2.27. The number of hydrogen-bond acceptors (Lipinski definition) is 5. The number of barbiturate groups is 1. The van der Waals surface area contributed by atoms with Crippen LogP contribution in [-0.2, 0) is 16.1 Å². The first kappa shape index (κ1) is 20.0. The maximum Gasteiger partial charge on any atom is 0.328 e. The van der Waals surface area contributed by atoms with Gasteiger partial charge in [-0.2, -0.15) is 0 Å². The second-order valence-corrected chi connectivity index (χ2v) is 8.76. The number of anilines is 1. The summed E-state index contributed by atoms with van der Waals surface area (Å²) >= 11 is 1.81. The van der Waals surface area contributed by atoms with Gasteiger partial charge in [-0.15, -0.1) is 11.3 Å². The fourth-order valence-corrected chi connectivity index (χ4v) is 4.92. The monoisotopic (exact) mass is 441 g/mol. The van der Waals surface area contributed by atoms with Crippen LogP contribution in [0.2, 0.25) is 0 Å². The summed E-state index contributed by atoms with van der Waals surface area (Å²) < 4.78 is 2.58. The van der Waals surface area contributed by atoms with Crippen molar-refractivity contribution in [3.8, 4) is 0 Å². The van der Waals surface area contributed by atoms with Gasteiger partial charge in [0.05, 0.1) is 0 Å². The van der Waals surface area contributed by atoms with Crippen LogP contribution in [0.5, 0.6) is 0 Å². The minimum Gasteiger partial charge on any atom is -0.370 e. The van der Waals surface area contributed by atoms with Crippen LogP contribution in [0, 0.1) is 0 Å². The minimum atomic E-state index is -0.803. The van der Waals surface area contributed by atoms with E-state index in [9.17, 15) is 14.4 Å². The molecule has 1 aliphatic heterocycles. The van der Waals surface area contributed by atoms with E-state index in [1.165, 1.54) is 31.8 Å². The molecular formula is C25H19N3O3S. The van der Waals surface area contributed by atoms with E-state index in [1.807, 2.05) is 42.6 Å². The normalized spacial score (nSPS) is 13.9. The third-order valence-corrected chi connectivity index (χ3v) is 6.60. The average molecular weight is 442 g/mol. The Morgan fingerprint density at radius 1 is 0.844 bits per heavy atom. The van der Waals surface area contributed by atoms with Gasteiger partial charge in [-0.05, 0) is 47.5 Å². The Kier molecular flexibility index (Phi) is 4.95. The molecule has 32 heavy (non-hydrogen) atoms. The first-order valence-electron chi connectivity index (χ1n) is 10.1. The highest BCUT2D eigenvalue weighted by Crippen LogP contribution is 2.34. The molecule has 1 fully saturated rings. The van der Waals surface area contributed by atoms with Crippen molar-refractivity contribution in [3.63, 3.8) is 0 Å². The topological polar surface area (TPSA) is 78.5 Å². The van der Waals surface area contributed by atoms with Gasteiger partial charge in [0.25, 0.3) is 11.8 Å². The Balaban J connectivity index is 1.35. The molecule has 0 bridgehead atoms. The van der Waals surface area contributed by atoms with Crippen molar-refractivity contribution in [2.45, 2.75) is 6.54 Å². The Bertz CT molecular complexity index is 1400. The lowest BCUT2D eigenvalue weighted by Gasteiger charge is -2.20. The van der Waals surface area contributed by atoms with Gasteiger partial charge in [-0.25, -0.2) is 4.79 Å². The van der Waals surface area contributed by atoms with Gasteiger partial charge in [0.2, 0.25) is 0 Å². The number of rotatable bonds is 4. The van der Waals surface area contributed by atoms with Crippen LogP contribution >= 0.6 is 11.3 Å². The van der Waals surface area contributed by atoms with Crippen molar-refractivity contribution >= 4 is 61.1 Å². The lowest BCUT2D eigenvalue weighted by molar-refractivity contribution is -0.123. The molecular weight excluding hydrogens is 422 g/mol. The molecule has 4 amide bonds. The number of nitrogens with zero attached hydrogens (tertiary/aromatic N) is 1. The van der Waals surface area contributed by atoms with Crippen LogP contribution in [0.1, 0.15) is 11.1 Å². The van der Waals surface area contributed by atoms with Crippen LogP contribution in [-0.4, -0.2) is 24.9 Å². The van der Waals surface area contributed by atoms with Gasteiger partial charge in [-0.1, -0.05) is 36.4 Å². The van der Waals surface area contributed by atoms with E-state index in [1.54, 1.807) is 0 Å². The molecule has 1 aliphatic rings. The number of carbonyl (C=O) groups excluding carboxylic acids is 3. The molecule has 3 aromatic carbocycles. The third kappa shape index (κ3) is 3.74.